The second kappa shape index (κ2) is 5.39. The molecule has 1 atom stereocenters. The van der Waals surface area contributed by atoms with E-state index in [1.54, 1.807) is 12.3 Å². The number of carbonyl (C=O) groups is 1. The van der Waals surface area contributed by atoms with E-state index in [2.05, 4.69) is 21.7 Å². The number of primary amides is 1. The highest BCUT2D eigenvalue weighted by Gasteiger charge is 2.38. The van der Waals surface area contributed by atoms with Crippen LogP contribution in [0.15, 0.2) is 16.7 Å². The molecule has 2 N–H and O–H groups in total. The number of nitrogens with two attached hydrogens (primary N) is 1. The molecular weight excluding hydrogens is 290 g/mol. The molecule has 3 saturated heterocycles. The summed E-state index contributed by atoms with van der Waals surface area (Å²) >= 11 is 0. The maximum atomic E-state index is 11.4. The molecule has 0 spiro atoms. The summed E-state index contributed by atoms with van der Waals surface area (Å²) in [5, 5.41) is 0.842. The number of amides is 1. The van der Waals surface area contributed by atoms with Gasteiger partial charge >= 0.3 is 0 Å². The van der Waals surface area contributed by atoms with E-state index in [1.165, 1.54) is 25.9 Å². The summed E-state index contributed by atoms with van der Waals surface area (Å²) in [6.45, 7) is 5.21. The Morgan fingerprint density at radius 2 is 2.22 bits per heavy atom. The van der Waals surface area contributed by atoms with E-state index in [0.29, 0.717) is 17.4 Å². The zero-order valence-corrected chi connectivity index (χ0v) is 13.1. The summed E-state index contributed by atoms with van der Waals surface area (Å²) in [6.07, 6.45) is 4.01. The average molecular weight is 309 g/mol. The molecular formula is C18H19N3O2. The molecule has 2 aromatic rings. The van der Waals surface area contributed by atoms with E-state index in [-0.39, 0.29) is 5.69 Å². The molecule has 0 radical (unpaired) electrons. The minimum absolute atomic E-state index is 0.248. The summed E-state index contributed by atoms with van der Waals surface area (Å²) in [5.41, 5.74) is 7.18. The van der Waals surface area contributed by atoms with Gasteiger partial charge in [-0.15, -0.1) is 5.92 Å². The highest BCUT2D eigenvalue weighted by molar-refractivity contribution is 5.96. The second-order valence-corrected chi connectivity index (χ2v) is 6.39. The zero-order valence-electron chi connectivity index (χ0n) is 13.1. The lowest BCUT2D eigenvalue weighted by atomic mass is 9.77. The van der Waals surface area contributed by atoms with Crippen molar-refractivity contribution in [2.45, 2.75) is 25.7 Å². The van der Waals surface area contributed by atoms with Crippen LogP contribution in [0.2, 0.25) is 0 Å². The quantitative estimate of drug-likeness (QED) is 0.862. The lowest BCUT2D eigenvalue weighted by Crippen LogP contribution is -2.46. The summed E-state index contributed by atoms with van der Waals surface area (Å²) in [5.74, 6) is 7.60. The van der Waals surface area contributed by atoms with Gasteiger partial charge in [0.15, 0.2) is 5.58 Å². The fourth-order valence-corrected chi connectivity index (χ4v) is 3.93. The van der Waals surface area contributed by atoms with Crippen molar-refractivity contribution in [1.82, 2.24) is 9.88 Å². The maximum absolute atomic E-state index is 11.4. The smallest absolute Gasteiger partial charge is 0.267 e. The van der Waals surface area contributed by atoms with Crippen LogP contribution in [-0.4, -0.2) is 35.4 Å². The summed E-state index contributed by atoms with van der Waals surface area (Å²) < 4.78 is 6.13. The normalized spacial score (nSPS) is 26.0. The highest BCUT2D eigenvalue weighted by Crippen LogP contribution is 2.42. The molecule has 5 heterocycles. The van der Waals surface area contributed by atoms with Gasteiger partial charge in [0.2, 0.25) is 0 Å². The second-order valence-electron chi connectivity index (χ2n) is 6.39. The first-order valence-corrected chi connectivity index (χ1v) is 8.04. The number of fused-ring (bicyclic) bond motifs is 4. The minimum Gasteiger partial charge on any atom is -0.458 e. The van der Waals surface area contributed by atoms with Gasteiger partial charge in [0, 0.05) is 17.8 Å². The van der Waals surface area contributed by atoms with Gasteiger partial charge in [-0.2, -0.15) is 0 Å². The Kier molecular flexibility index (Phi) is 3.35. The molecule has 3 fully saturated rings. The predicted octanol–water partition coefficient (Wildman–Crippen LogP) is 2.11. The third kappa shape index (κ3) is 2.30. The maximum Gasteiger partial charge on any atom is 0.267 e. The Morgan fingerprint density at radius 1 is 1.43 bits per heavy atom. The zero-order chi connectivity index (χ0) is 16.0. The molecule has 0 aromatic carbocycles. The van der Waals surface area contributed by atoms with Gasteiger partial charge < -0.3 is 15.1 Å². The van der Waals surface area contributed by atoms with Crippen LogP contribution < -0.4 is 5.73 Å². The van der Waals surface area contributed by atoms with E-state index in [0.717, 1.165) is 23.3 Å². The molecule has 2 aromatic heterocycles. The number of piperidine rings is 3. The Bertz CT molecular complexity index is 835. The van der Waals surface area contributed by atoms with Crippen molar-refractivity contribution in [2.75, 3.05) is 19.6 Å². The third-order valence-corrected chi connectivity index (χ3v) is 5.10. The molecule has 5 heteroatoms. The molecule has 118 valence electrons. The Labute approximate surface area is 134 Å². The fourth-order valence-electron chi connectivity index (χ4n) is 3.93. The monoisotopic (exact) mass is 309 g/mol. The number of carbonyl (C=O) groups excluding carboxylic acids is 1. The highest BCUT2D eigenvalue weighted by atomic mass is 16.3. The molecule has 3 aliphatic heterocycles. The molecule has 23 heavy (non-hydrogen) atoms. The van der Waals surface area contributed by atoms with Gasteiger partial charge in [0.1, 0.15) is 11.5 Å². The Hall–Kier alpha value is -2.32. The molecule has 2 bridgehead atoms. The standard InChI is InChI=1S/C18H19N3O2/c1-2-3-12-13-8-15(18(19)22)20-9-16(13)23-17(12)14-10-21-6-4-11(14)5-7-21/h8-9,11,14H,4-7,10H2,1H3,(H2,19,22)/t14-/m0/s1. The predicted molar refractivity (Wildman–Crippen MR) is 87.0 cm³/mol. The Morgan fingerprint density at radius 3 is 2.83 bits per heavy atom. The van der Waals surface area contributed by atoms with Crippen LogP contribution in [0.3, 0.4) is 0 Å². The molecule has 0 saturated carbocycles. The average Bonchev–Trinajstić information content (AvgIpc) is 2.94. The largest absolute Gasteiger partial charge is 0.458 e. The van der Waals surface area contributed by atoms with Crippen molar-refractivity contribution in [2.24, 2.45) is 11.7 Å². The van der Waals surface area contributed by atoms with Gasteiger partial charge in [0.05, 0.1) is 11.8 Å². The molecule has 5 rings (SSSR count). The van der Waals surface area contributed by atoms with Gasteiger partial charge in [-0.3, -0.25) is 4.79 Å². The van der Waals surface area contributed by atoms with Crippen LogP contribution in [0.5, 0.6) is 0 Å². The first-order chi connectivity index (χ1) is 11.2. The SMILES string of the molecule is CC#Cc1c([C@H]2CN3CCC2CC3)oc2cnc(C(N)=O)cc12. The topological polar surface area (TPSA) is 72.4 Å². The fraction of sp³-hybridized carbons (Fsp3) is 0.444. The van der Waals surface area contributed by atoms with Crippen LogP contribution in [0.1, 0.15) is 47.5 Å². The van der Waals surface area contributed by atoms with Crippen LogP contribution in [0.4, 0.5) is 0 Å². The summed E-state index contributed by atoms with van der Waals surface area (Å²) in [4.78, 5) is 18.0. The Balaban J connectivity index is 1.87. The van der Waals surface area contributed by atoms with Gasteiger partial charge in [-0.25, -0.2) is 4.98 Å². The lowest BCUT2D eigenvalue weighted by Gasteiger charge is -2.44. The van der Waals surface area contributed by atoms with Crippen LogP contribution in [0.25, 0.3) is 11.0 Å². The number of pyridine rings is 1. The summed E-state index contributed by atoms with van der Waals surface area (Å²) in [7, 11) is 0. The molecule has 0 unspecified atom stereocenters. The first kappa shape index (κ1) is 14.3. The lowest BCUT2D eigenvalue weighted by molar-refractivity contribution is 0.0785. The number of nitrogens with zero attached hydrogens (tertiary/aromatic N) is 2. The van der Waals surface area contributed by atoms with Crippen molar-refractivity contribution in [3.63, 3.8) is 0 Å². The van der Waals surface area contributed by atoms with Crippen molar-refractivity contribution in [3.8, 4) is 11.8 Å². The molecule has 5 nitrogen and oxygen atoms in total. The van der Waals surface area contributed by atoms with E-state index < -0.39 is 5.91 Å². The van der Waals surface area contributed by atoms with Crippen LogP contribution >= 0.6 is 0 Å². The molecule has 0 aliphatic carbocycles. The number of rotatable bonds is 2. The number of hydrogen-bond donors (Lipinski definition) is 1. The van der Waals surface area contributed by atoms with Crippen molar-refractivity contribution < 1.29 is 9.21 Å². The van der Waals surface area contributed by atoms with Gasteiger partial charge in [0.25, 0.3) is 5.91 Å². The van der Waals surface area contributed by atoms with Crippen LogP contribution in [-0.2, 0) is 0 Å². The summed E-state index contributed by atoms with van der Waals surface area (Å²) in [6, 6.07) is 1.70. The van der Waals surface area contributed by atoms with Crippen molar-refractivity contribution in [1.29, 1.82) is 0 Å². The molecule has 3 aliphatic rings. The third-order valence-electron chi connectivity index (χ3n) is 5.10. The van der Waals surface area contributed by atoms with E-state index in [4.69, 9.17) is 10.2 Å². The van der Waals surface area contributed by atoms with E-state index in [9.17, 15) is 4.79 Å². The van der Waals surface area contributed by atoms with E-state index >= 15 is 0 Å². The number of furan rings is 1. The van der Waals surface area contributed by atoms with Crippen LogP contribution in [0, 0.1) is 17.8 Å². The van der Waals surface area contributed by atoms with Crippen molar-refractivity contribution in [3.05, 3.63) is 29.3 Å². The minimum atomic E-state index is -0.534. The number of hydrogen-bond acceptors (Lipinski definition) is 4. The van der Waals surface area contributed by atoms with Gasteiger partial charge in [-0.1, -0.05) is 5.92 Å². The number of aromatic nitrogens is 1. The van der Waals surface area contributed by atoms with E-state index in [1.807, 2.05) is 6.92 Å². The van der Waals surface area contributed by atoms with Crippen molar-refractivity contribution >= 4 is 16.9 Å². The first-order valence-electron chi connectivity index (χ1n) is 8.04. The van der Waals surface area contributed by atoms with Gasteiger partial charge in [-0.05, 0) is 44.8 Å². The molecule has 1 amide bonds.